The Morgan fingerprint density at radius 1 is 0.967 bits per heavy atom. The van der Waals surface area contributed by atoms with Crippen molar-refractivity contribution in [1.82, 2.24) is 14.8 Å². The van der Waals surface area contributed by atoms with Gasteiger partial charge in [0.2, 0.25) is 5.88 Å². The number of benzene rings is 2. The van der Waals surface area contributed by atoms with Crippen LogP contribution in [-0.2, 0) is 6.54 Å². The first kappa shape index (κ1) is 20.1. The fourth-order valence-electron chi connectivity index (χ4n) is 3.81. The molecule has 3 aromatic rings. The number of hydrogen-bond donors (Lipinski definition) is 0. The topological polar surface area (TPSA) is 45.7 Å². The highest BCUT2D eigenvalue weighted by Crippen LogP contribution is 2.24. The Labute approximate surface area is 177 Å². The average molecular weight is 402 g/mol. The van der Waals surface area contributed by atoms with Crippen LogP contribution in [0, 0.1) is 6.92 Å². The summed E-state index contributed by atoms with van der Waals surface area (Å²) >= 11 is 0. The van der Waals surface area contributed by atoms with Crippen LogP contribution >= 0.6 is 0 Å². The Hall–Kier alpha value is -3.18. The van der Waals surface area contributed by atoms with Crippen molar-refractivity contribution in [2.24, 2.45) is 0 Å². The molecule has 1 saturated heterocycles. The zero-order valence-corrected chi connectivity index (χ0v) is 17.3. The van der Waals surface area contributed by atoms with Gasteiger partial charge in [0.25, 0.3) is 5.91 Å². The number of pyridine rings is 1. The largest absolute Gasteiger partial charge is 0.438 e. The smallest absolute Gasteiger partial charge is 0.259 e. The summed E-state index contributed by atoms with van der Waals surface area (Å²) in [5, 5.41) is 0. The van der Waals surface area contributed by atoms with Gasteiger partial charge in [0.05, 0.1) is 0 Å². The van der Waals surface area contributed by atoms with Crippen molar-refractivity contribution >= 4 is 5.91 Å². The van der Waals surface area contributed by atoms with E-state index in [1.165, 1.54) is 11.1 Å². The van der Waals surface area contributed by atoms with Crippen LogP contribution in [0.1, 0.15) is 27.9 Å². The van der Waals surface area contributed by atoms with Crippen LogP contribution in [0.4, 0.5) is 0 Å². The maximum absolute atomic E-state index is 13.3. The molecule has 1 amide bonds. The summed E-state index contributed by atoms with van der Waals surface area (Å²) in [6.07, 6.45) is 2.60. The normalized spacial score (nSPS) is 14.9. The summed E-state index contributed by atoms with van der Waals surface area (Å²) in [5.41, 5.74) is 3.11. The number of aromatic nitrogens is 1. The second-order valence-corrected chi connectivity index (χ2v) is 7.68. The summed E-state index contributed by atoms with van der Waals surface area (Å²) in [6, 6.07) is 21.7. The van der Waals surface area contributed by atoms with Gasteiger partial charge in [-0.15, -0.1) is 0 Å². The van der Waals surface area contributed by atoms with Crippen molar-refractivity contribution in [3.63, 3.8) is 0 Å². The van der Waals surface area contributed by atoms with Crippen LogP contribution in [0.15, 0.2) is 72.9 Å². The van der Waals surface area contributed by atoms with Crippen LogP contribution in [0.25, 0.3) is 0 Å². The van der Waals surface area contributed by atoms with E-state index in [0.717, 1.165) is 32.6 Å². The highest BCUT2D eigenvalue weighted by Gasteiger charge is 2.23. The SMILES string of the molecule is Cc1cccc(CN2CCCN(C(=O)c3cccnc3Oc3ccccc3)CC2)c1. The second-order valence-electron chi connectivity index (χ2n) is 7.68. The molecule has 5 nitrogen and oxygen atoms in total. The molecule has 4 rings (SSSR count). The van der Waals surface area contributed by atoms with Gasteiger partial charge in [-0.05, 0) is 43.2 Å². The zero-order chi connectivity index (χ0) is 20.8. The number of amides is 1. The molecule has 154 valence electrons. The molecule has 0 atom stereocenters. The summed E-state index contributed by atoms with van der Waals surface area (Å²) in [4.78, 5) is 21.9. The highest BCUT2D eigenvalue weighted by molar-refractivity contribution is 5.96. The van der Waals surface area contributed by atoms with Crippen molar-refractivity contribution in [3.05, 3.63) is 89.6 Å². The average Bonchev–Trinajstić information content (AvgIpc) is 3.00. The standard InChI is InChI=1S/C25H27N3O2/c1-20-8-5-9-21(18-20)19-27-14-7-15-28(17-16-27)25(29)23-12-6-13-26-24(23)30-22-10-3-2-4-11-22/h2-6,8-13,18H,7,14-17,19H2,1H3. The summed E-state index contributed by atoms with van der Waals surface area (Å²) in [6.45, 7) is 6.31. The lowest BCUT2D eigenvalue weighted by Crippen LogP contribution is -2.35. The van der Waals surface area contributed by atoms with E-state index >= 15 is 0 Å². The molecule has 1 fully saturated rings. The van der Waals surface area contributed by atoms with E-state index in [1.807, 2.05) is 35.2 Å². The second kappa shape index (κ2) is 9.55. The van der Waals surface area contributed by atoms with E-state index in [4.69, 9.17) is 4.74 Å². The third kappa shape index (κ3) is 5.05. The number of nitrogens with zero attached hydrogens (tertiary/aromatic N) is 3. The lowest BCUT2D eigenvalue weighted by atomic mass is 10.1. The van der Waals surface area contributed by atoms with Crippen molar-refractivity contribution in [2.75, 3.05) is 26.2 Å². The van der Waals surface area contributed by atoms with Crippen LogP contribution in [-0.4, -0.2) is 46.9 Å². The molecule has 0 saturated carbocycles. The molecular formula is C25H27N3O2. The fraction of sp³-hybridized carbons (Fsp3) is 0.280. The predicted molar refractivity (Wildman–Crippen MR) is 118 cm³/mol. The number of aryl methyl sites for hydroxylation is 1. The molecule has 2 heterocycles. The van der Waals surface area contributed by atoms with Crippen molar-refractivity contribution in [1.29, 1.82) is 0 Å². The van der Waals surface area contributed by atoms with Crippen LogP contribution in [0.5, 0.6) is 11.6 Å². The highest BCUT2D eigenvalue weighted by atomic mass is 16.5. The summed E-state index contributed by atoms with van der Waals surface area (Å²) < 4.78 is 5.89. The van der Waals surface area contributed by atoms with Gasteiger partial charge >= 0.3 is 0 Å². The first-order chi connectivity index (χ1) is 14.7. The Bertz CT molecular complexity index is 990. The van der Waals surface area contributed by atoms with E-state index in [-0.39, 0.29) is 5.91 Å². The molecule has 0 radical (unpaired) electrons. The van der Waals surface area contributed by atoms with E-state index < -0.39 is 0 Å². The van der Waals surface area contributed by atoms with Crippen LogP contribution < -0.4 is 4.74 Å². The lowest BCUT2D eigenvalue weighted by Gasteiger charge is -2.23. The maximum atomic E-state index is 13.3. The van der Waals surface area contributed by atoms with Gasteiger partial charge in [-0.1, -0.05) is 48.0 Å². The minimum atomic E-state index is -0.0218. The van der Waals surface area contributed by atoms with Crippen molar-refractivity contribution < 1.29 is 9.53 Å². The molecule has 0 N–H and O–H groups in total. The third-order valence-electron chi connectivity index (χ3n) is 5.32. The number of para-hydroxylation sites is 1. The number of rotatable bonds is 5. The number of carbonyl (C=O) groups excluding carboxylic acids is 1. The Morgan fingerprint density at radius 3 is 2.67 bits per heavy atom. The third-order valence-corrected chi connectivity index (χ3v) is 5.32. The molecule has 0 aliphatic carbocycles. The van der Waals surface area contributed by atoms with Crippen molar-refractivity contribution in [2.45, 2.75) is 19.9 Å². The minimum absolute atomic E-state index is 0.0218. The Morgan fingerprint density at radius 2 is 1.83 bits per heavy atom. The van der Waals surface area contributed by atoms with E-state index in [9.17, 15) is 4.79 Å². The predicted octanol–water partition coefficient (Wildman–Crippen LogP) is 4.53. The van der Waals surface area contributed by atoms with Crippen LogP contribution in [0.3, 0.4) is 0 Å². The lowest BCUT2D eigenvalue weighted by molar-refractivity contribution is 0.0757. The molecule has 2 aromatic carbocycles. The first-order valence-corrected chi connectivity index (χ1v) is 10.4. The van der Waals surface area contributed by atoms with Gasteiger partial charge in [0.15, 0.2) is 0 Å². The van der Waals surface area contributed by atoms with E-state index in [2.05, 4.69) is 41.1 Å². The quantitative estimate of drug-likeness (QED) is 0.630. The Kier molecular flexibility index (Phi) is 6.40. The summed E-state index contributed by atoms with van der Waals surface area (Å²) in [7, 11) is 0. The minimum Gasteiger partial charge on any atom is -0.438 e. The first-order valence-electron chi connectivity index (χ1n) is 10.4. The van der Waals surface area contributed by atoms with Gasteiger partial charge in [-0.25, -0.2) is 4.98 Å². The number of hydrogen-bond acceptors (Lipinski definition) is 4. The molecule has 0 bridgehead atoms. The molecule has 30 heavy (non-hydrogen) atoms. The van der Waals surface area contributed by atoms with Gasteiger partial charge in [-0.2, -0.15) is 0 Å². The molecule has 0 unspecified atom stereocenters. The van der Waals surface area contributed by atoms with Gasteiger partial charge in [0, 0.05) is 38.9 Å². The summed E-state index contributed by atoms with van der Waals surface area (Å²) in [5.74, 6) is 1.01. The number of carbonyl (C=O) groups is 1. The monoisotopic (exact) mass is 401 g/mol. The van der Waals surface area contributed by atoms with Crippen LogP contribution in [0.2, 0.25) is 0 Å². The molecule has 1 aliphatic heterocycles. The molecular weight excluding hydrogens is 374 g/mol. The fourth-order valence-corrected chi connectivity index (χ4v) is 3.81. The van der Waals surface area contributed by atoms with E-state index in [1.54, 1.807) is 18.3 Å². The van der Waals surface area contributed by atoms with Gasteiger partial charge < -0.3 is 9.64 Å². The molecule has 1 aliphatic rings. The molecule has 0 spiro atoms. The van der Waals surface area contributed by atoms with Gasteiger partial charge in [0.1, 0.15) is 11.3 Å². The molecule has 1 aromatic heterocycles. The Balaban J connectivity index is 1.43. The van der Waals surface area contributed by atoms with Crippen molar-refractivity contribution in [3.8, 4) is 11.6 Å². The van der Waals surface area contributed by atoms with E-state index in [0.29, 0.717) is 23.7 Å². The maximum Gasteiger partial charge on any atom is 0.259 e. The molecule has 5 heteroatoms. The van der Waals surface area contributed by atoms with Gasteiger partial charge in [-0.3, -0.25) is 9.69 Å². The number of ether oxygens (including phenoxy) is 1. The zero-order valence-electron chi connectivity index (χ0n) is 17.3.